The van der Waals surface area contributed by atoms with Crippen LogP contribution >= 0.6 is 22.6 Å². The molecule has 0 unspecified atom stereocenters. The van der Waals surface area contributed by atoms with E-state index in [4.69, 9.17) is 0 Å². The minimum atomic E-state index is 1.31. The molecular weight excluding hydrogens is 247 g/mol. The highest BCUT2D eigenvalue weighted by atomic mass is 127. The van der Waals surface area contributed by atoms with E-state index >= 15 is 0 Å². The summed E-state index contributed by atoms with van der Waals surface area (Å²) >= 11 is 2.35. The smallest absolute Gasteiger partial charge is 0.0202 e. The van der Waals surface area contributed by atoms with E-state index < -0.39 is 0 Å². The van der Waals surface area contributed by atoms with Gasteiger partial charge in [-0.1, -0.05) is 29.8 Å². The van der Waals surface area contributed by atoms with E-state index in [2.05, 4.69) is 59.9 Å². The molecule has 0 aromatic heterocycles. The summed E-state index contributed by atoms with van der Waals surface area (Å²) in [6.45, 7) is 4.15. The average Bonchev–Trinajstić information content (AvgIpc) is 1.98. The topological polar surface area (TPSA) is 0 Å². The SMILES string of the molecule is C/C=C\c1cc(C)ccc1I. The first-order valence-electron chi connectivity index (χ1n) is 3.63. The van der Waals surface area contributed by atoms with E-state index in [9.17, 15) is 0 Å². The Morgan fingerprint density at radius 3 is 2.73 bits per heavy atom. The molecule has 1 aromatic rings. The van der Waals surface area contributed by atoms with Crippen molar-refractivity contribution in [3.05, 3.63) is 39.0 Å². The van der Waals surface area contributed by atoms with Crippen LogP contribution in [0, 0.1) is 10.5 Å². The van der Waals surface area contributed by atoms with Crippen molar-refractivity contribution in [3.8, 4) is 0 Å². The molecule has 0 saturated heterocycles. The third kappa shape index (κ3) is 2.33. The first-order chi connectivity index (χ1) is 5.24. The summed E-state index contributed by atoms with van der Waals surface area (Å²) in [6.07, 6.45) is 4.20. The summed E-state index contributed by atoms with van der Waals surface area (Å²) in [6, 6.07) is 6.47. The lowest BCUT2D eigenvalue weighted by molar-refractivity contribution is 1.44. The van der Waals surface area contributed by atoms with Crippen molar-refractivity contribution < 1.29 is 0 Å². The van der Waals surface area contributed by atoms with Crippen molar-refractivity contribution in [1.29, 1.82) is 0 Å². The number of allylic oxidation sites excluding steroid dienone is 1. The summed E-state index contributed by atoms with van der Waals surface area (Å²) in [5, 5.41) is 0. The van der Waals surface area contributed by atoms with Crippen LogP contribution in [-0.2, 0) is 0 Å². The molecule has 0 amide bonds. The van der Waals surface area contributed by atoms with E-state index in [1.807, 2.05) is 6.92 Å². The Bertz CT molecular complexity index is 274. The Labute approximate surface area is 81.5 Å². The summed E-state index contributed by atoms with van der Waals surface area (Å²) in [4.78, 5) is 0. The van der Waals surface area contributed by atoms with Gasteiger partial charge in [0, 0.05) is 3.57 Å². The van der Waals surface area contributed by atoms with E-state index in [1.165, 1.54) is 14.7 Å². The third-order valence-electron chi connectivity index (χ3n) is 1.50. The summed E-state index contributed by atoms with van der Waals surface area (Å²) in [5.41, 5.74) is 2.63. The highest BCUT2D eigenvalue weighted by molar-refractivity contribution is 14.1. The van der Waals surface area contributed by atoms with Crippen LogP contribution in [-0.4, -0.2) is 0 Å². The van der Waals surface area contributed by atoms with Crippen molar-refractivity contribution in [1.82, 2.24) is 0 Å². The van der Waals surface area contributed by atoms with Crippen LogP contribution in [0.1, 0.15) is 18.1 Å². The molecule has 0 N–H and O–H groups in total. The van der Waals surface area contributed by atoms with Crippen molar-refractivity contribution in [2.45, 2.75) is 13.8 Å². The standard InChI is InChI=1S/C10H11I/c1-3-4-9-7-8(2)5-6-10(9)11/h3-7H,1-2H3/b4-3-. The fraction of sp³-hybridized carbons (Fsp3) is 0.200. The highest BCUT2D eigenvalue weighted by Gasteiger charge is 1.93. The average molecular weight is 258 g/mol. The lowest BCUT2D eigenvalue weighted by Crippen LogP contribution is -1.80. The molecule has 0 bridgehead atoms. The largest absolute Gasteiger partial charge is 0.0870 e. The Morgan fingerprint density at radius 1 is 1.36 bits per heavy atom. The van der Waals surface area contributed by atoms with Gasteiger partial charge in [0.1, 0.15) is 0 Å². The van der Waals surface area contributed by atoms with Gasteiger partial charge in [0.25, 0.3) is 0 Å². The molecule has 0 aliphatic carbocycles. The molecule has 0 fully saturated rings. The van der Waals surface area contributed by atoms with E-state index in [1.54, 1.807) is 0 Å². The first kappa shape index (κ1) is 8.78. The van der Waals surface area contributed by atoms with Crippen LogP contribution < -0.4 is 0 Å². The molecule has 0 heterocycles. The maximum atomic E-state index is 2.35. The molecule has 0 saturated carbocycles. The van der Waals surface area contributed by atoms with Crippen molar-refractivity contribution in [2.24, 2.45) is 0 Å². The van der Waals surface area contributed by atoms with Gasteiger partial charge >= 0.3 is 0 Å². The summed E-state index contributed by atoms with van der Waals surface area (Å²) < 4.78 is 1.31. The van der Waals surface area contributed by atoms with E-state index in [-0.39, 0.29) is 0 Å². The monoisotopic (exact) mass is 258 g/mol. The lowest BCUT2D eigenvalue weighted by Gasteiger charge is -1.98. The molecule has 1 heteroatoms. The number of halogens is 1. The molecule has 0 aliphatic rings. The second kappa shape index (κ2) is 3.90. The lowest BCUT2D eigenvalue weighted by atomic mass is 10.1. The highest BCUT2D eigenvalue weighted by Crippen LogP contribution is 2.15. The van der Waals surface area contributed by atoms with Gasteiger partial charge in [-0.15, -0.1) is 0 Å². The molecule has 0 atom stereocenters. The van der Waals surface area contributed by atoms with Crippen LogP contribution in [0.25, 0.3) is 6.08 Å². The van der Waals surface area contributed by atoms with Gasteiger partial charge < -0.3 is 0 Å². The number of benzene rings is 1. The molecule has 0 radical (unpaired) electrons. The van der Waals surface area contributed by atoms with Crippen molar-refractivity contribution in [2.75, 3.05) is 0 Å². The fourth-order valence-corrected chi connectivity index (χ4v) is 1.49. The van der Waals surface area contributed by atoms with Gasteiger partial charge in [-0.25, -0.2) is 0 Å². The van der Waals surface area contributed by atoms with Gasteiger partial charge in [-0.05, 0) is 48.1 Å². The number of hydrogen-bond donors (Lipinski definition) is 0. The van der Waals surface area contributed by atoms with Gasteiger partial charge in [0.15, 0.2) is 0 Å². The maximum absolute atomic E-state index is 2.35. The van der Waals surface area contributed by atoms with Gasteiger partial charge in [-0.3, -0.25) is 0 Å². The van der Waals surface area contributed by atoms with Crippen LogP contribution in [0.5, 0.6) is 0 Å². The zero-order valence-corrected chi connectivity index (χ0v) is 8.92. The normalized spacial score (nSPS) is 10.8. The minimum Gasteiger partial charge on any atom is -0.0870 e. The second-order valence-corrected chi connectivity index (χ2v) is 3.69. The molecule has 1 aromatic carbocycles. The predicted molar refractivity (Wildman–Crippen MR) is 58.6 cm³/mol. The second-order valence-electron chi connectivity index (χ2n) is 2.52. The minimum absolute atomic E-state index is 1.31. The molecule has 1 rings (SSSR count). The Hall–Kier alpha value is -0.310. The number of aryl methyl sites for hydroxylation is 1. The van der Waals surface area contributed by atoms with Crippen LogP contribution in [0.15, 0.2) is 24.3 Å². The molecule has 0 nitrogen and oxygen atoms in total. The van der Waals surface area contributed by atoms with E-state index in [0.717, 1.165) is 0 Å². The number of rotatable bonds is 1. The van der Waals surface area contributed by atoms with Gasteiger partial charge in [0.05, 0.1) is 0 Å². The Balaban J connectivity index is 3.12. The van der Waals surface area contributed by atoms with Crippen LogP contribution in [0.3, 0.4) is 0 Å². The van der Waals surface area contributed by atoms with Gasteiger partial charge in [-0.2, -0.15) is 0 Å². The molecule has 11 heavy (non-hydrogen) atoms. The quantitative estimate of drug-likeness (QED) is 0.675. The predicted octanol–water partition coefficient (Wildman–Crippen LogP) is 3.63. The molecule has 58 valence electrons. The Kier molecular flexibility index (Phi) is 3.12. The van der Waals surface area contributed by atoms with Crippen molar-refractivity contribution >= 4 is 28.7 Å². The Morgan fingerprint density at radius 2 is 2.09 bits per heavy atom. The van der Waals surface area contributed by atoms with Crippen LogP contribution in [0.4, 0.5) is 0 Å². The molecule has 0 aliphatic heterocycles. The zero-order chi connectivity index (χ0) is 8.27. The number of hydrogen-bond acceptors (Lipinski definition) is 0. The summed E-state index contributed by atoms with van der Waals surface area (Å²) in [7, 11) is 0. The maximum Gasteiger partial charge on any atom is 0.0202 e. The fourth-order valence-electron chi connectivity index (χ4n) is 0.970. The first-order valence-corrected chi connectivity index (χ1v) is 4.71. The van der Waals surface area contributed by atoms with Gasteiger partial charge in [0.2, 0.25) is 0 Å². The molecular formula is C10H11I. The van der Waals surface area contributed by atoms with Crippen LogP contribution in [0.2, 0.25) is 0 Å². The zero-order valence-electron chi connectivity index (χ0n) is 6.76. The third-order valence-corrected chi connectivity index (χ3v) is 2.48. The summed E-state index contributed by atoms with van der Waals surface area (Å²) in [5.74, 6) is 0. The van der Waals surface area contributed by atoms with E-state index in [0.29, 0.717) is 0 Å². The molecule has 0 spiro atoms. The van der Waals surface area contributed by atoms with Crippen molar-refractivity contribution in [3.63, 3.8) is 0 Å².